The van der Waals surface area contributed by atoms with E-state index in [1.165, 1.54) is 0 Å². The summed E-state index contributed by atoms with van der Waals surface area (Å²) in [7, 11) is 0. The average molecular weight is 169 g/mol. The highest BCUT2D eigenvalue weighted by Gasteiger charge is 2.09. The largest absolute Gasteiger partial charge is 0.465 e. The molecule has 1 aromatic heterocycles. The number of carboxylic acid groups (broad SMARTS) is 1. The van der Waals surface area contributed by atoms with Crippen molar-refractivity contribution in [1.82, 2.24) is 15.5 Å². The van der Waals surface area contributed by atoms with Gasteiger partial charge in [-0.25, -0.2) is 4.79 Å². The van der Waals surface area contributed by atoms with Crippen molar-refractivity contribution in [3.05, 3.63) is 17.5 Å². The van der Waals surface area contributed by atoms with Crippen molar-refractivity contribution in [1.29, 1.82) is 0 Å². The van der Waals surface area contributed by atoms with Gasteiger partial charge in [-0.2, -0.15) is 5.10 Å². The lowest BCUT2D eigenvalue weighted by Crippen LogP contribution is -2.24. The Labute approximate surface area is 69.8 Å². The Morgan fingerprint density at radius 1 is 1.83 bits per heavy atom. The summed E-state index contributed by atoms with van der Waals surface area (Å²) in [5.41, 5.74) is 1.62. The number of rotatable bonds is 2. The summed E-state index contributed by atoms with van der Waals surface area (Å²) in [5.74, 6) is 0. The summed E-state index contributed by atoms with van der Waals surface area (Å²) in [6.45, 7) is 3.59. The number of amides is 1. The maximum Gasteiger partial charge on any atom is 0.405 e. The number of nitrogens with one attached hydrogen (secondary N) is 2. The molecule has 12 heavy (non-hydrogen) atoms. The fourth-order valence-electron chi connectivity index (χ4n) is 0.927. The van der Waals surface area contributed by atoms with Crippen molar-refractivity contribution in [2.24, 2.45) is 0 Å². The van der Waals surface area contributed by atoms with Gasteiger partial charge in [-0.3, -0.25) is 5.10 Å². The standard InChI is InChI=1S/C7H11N3O2/c1-4-3-6(10-9-4)5(2)8-7(11)12/h3,5,8H,1-2H3,(H,9,10)(H,11,12)/t5-/m1/s1. The number of hydrogen-bond acceptors (Lipinski definition) is 2. The molecule has 1 heterocycles. The van der Waals surface area contributed by atoms with Crippen molar-refractivity contribution in [3.8, 4) is 0 Å². The first-order chi connectivity index (χ1) is 5.59. The van der Waals surface area contributed by atoms with Crippen LogP contribution in [0.25, 0.3) is 0 Å². The van der Waals surface area contributed by atoms with Crippen molar-refractivity contribution in [2.45, 2.75) is 19.9 Å². The lowest BCUT2D eigenvalue weighted by atomic mass is 10.2. The smallest absolute Gasteiger partial charge is 0.405 e. The maximum absolute atomic E-state index is 10.2. The van der Waals surface area contributed by atoms with E-state index in [2.05, 4.69) is 15.5 Å². The van der Waals surface area contributed by atoms with Crippen LogP contribution >= 0.6 is 0 Å². The number of H-pyrrole nitrogens is 1. The Balaban J connectivity index is 2.64. The monoisotopic (exact) mass is 169 g/mol. The fourth-order valence-corrected chi connectivity index (χ4v) is 0.927. The molecule has 0 aliphatic heterocycles. The van der Waals surface area contributed by atoms with E-state index in [1.807, 2.05) is 6.92 Å². The molecule has 0 radical (unpaired) electrons. The SMILES string of the molecule is Cc1cc([C@@H](C)NC(=O)O)[nH]n1. The normalized spacial score (nSPS) is 12.5. The molecule has 3 N–H and O–H groups in total. The molecule has 0 fully saturated rings. The first kappa shape index (κ1) is 8.58. The number of aromatic nitrogens is 2. The van der Waals surface area contributed by atoms with Crippen LogP contribution in [0, 0.1) is 6.92 Å². The van der Waals surface area contributed by atoms with Gasteiger partial charge >= 0.3 is 6.09 Å². The summed E-state index contributed by atoms with van der Waals surface area (Å²) in [6.07, 6.45) is -1.03. The Morgan fingerprint density at radius 2 is 2.50 bits per heavy atom. The third kappa shape index (κ3) is 1.98. The molecular weight excluding hydrogens is 158 g/mol. The highest BCUT2D eigenvalue weighted by molar-refractivity contribution is 5.65. The highest BCUT2D eigenvalue weighted by Crippen LogP contribution is 2.08. The van der Waals surface area contributed by atoms with E-state index in [9.17, 15) is 4.79 Å². The molecular formula is C7H11N3O2. The Morgan fingerprint density at radius 3 is 2.92 bits per heavy atom. The zero-order chi connectivity index (χ0) is 9.14. The number of aromatic amines is 1. The minimum absolute atomic E-state index is 0.247. The quantitative estimate of drug-likeness (QED) is 0.619. The Hall–Kier alpha value is -1.52. The second kappa shape index (κ2) is 3.25. The second-order valence-electron chi connectivity index (χ2n) is 2.64. The van der Waals surface area contributed by atoms with Gasteiger partial charge in [0, 0.05) is 0 Å². The van der Waals surface area contributed by atoms with E-state index < -0.39 is 6.09 Å². The van der Waals surface area contributed by atoms with E-state index in [4.69, 9.17) is 5.11 Å². The molecule has 0 spiro atoms. The van der Waals surface area contributed by atoms with E-state index in [0.717, 1.165) is 11.4 Å². The van der Waals surface area contributed by atoms with Crippen LogP contribution in [-0.4, -0.2) is 21.4 Å². The van der Waals surface area contributed by atoms with Gasteiger partial charge in [-0.1, -0.05) is 0 Å². The van der Waals surface area contributed by atoms with Gasteiger partial charge in [0.15, 0.2) is 0 Å². The van der Waals surface area contributed by atoms with E-state index >= 15 is 0 Å². The van der Waals surface area contributed by atoms with Crippen molar-refractivity contribution >= 4 is 6.09 Å². The average Bonchev–Trinajstić information content (AvgIpc) is 2.34. The zero-order valence-electron chi connectivity index (χ0n) is 6.96. The van der Waals surface area contributed by atoms with Gasteiger partial charge in [0.25, 0.3) is 0 Å². The molecule has 1 aromatic rings. The van der Waals surface area contributed by atoms with Crippen LogP contribution in [0.5, 0.6) is 0 Å². The maximum atomic E-state index is 10.2. The fraction of sp³-hybridized carbons (Fsp3) is 0.429. The van der Waals surface area contributed by atoms with Gasteiger partial charge in [0.05, 0.1) is 17.4 Å². The predicted molar refractivity (Wildman–Crippen MR) is 42.9 cm³/mol. The summed E-state index contributed by atoms with van der Waals surface area (Å²) >= 11 is 0. The van der Waals surface area contributed by atoms with E-state index in [-0.39, 0.29) is 6.04 Å². The third-order valence-corrected chi connectivity index (χ3v) is 1.53. The molecule has 1 atom stereocenters. The predicted octanol–water partition coefficient (Wildman–Crippen LogP) is 1.05. The molecule has 0 saturated carbocycles. The minimum atomic E-state index is -1.03. The van der Waals surface area contributed by atoms with Crippen LogP contribution in [0.2, 0.25) is 0 Å². The van der Waals surface area contributed by atoms with Crippen LogP contribution in [0.4, 0.5) is 4.79 Å². The van der Waals surface area contributed by atoms with Crippen molar-refractivity contribution in [2.75, 3.05) is 0 Å². The molecule has 0 aromatic carbocycles. The van der Waals surface area contributed by atoms with Crippen LogP contribution in [0.15, 0.2) is 6.07 Å². The first-order valence-corrected chi connectivity index (χ1v) is 3.61. The minimum Gasteiger partial charge on any atom is -0.465 e. The lowest BCUT2D eigenvalue weighted by Gasteiger charge is -2.07. The van der Waals surface area contributed by atoms with Gasteiger partial charge in [0.1, 0.15) is 0 Å². The van der Waals surface area contributed by atoms with Crippen molar-refractivity contribution in [3.63, 3.8) is 0 Å². The van der Waals surface area contributed by atoms with Crippen molar-refractivity contribution < 1.29 is 9.90 Å². The van der Waals surface area contributed by atoms with Gasteiger partial charge in [0.2, 0.25) is 0 Å². The molecule has 1 amide bonds. The Kier molecular flexibility index (Phi) is 2.32. The lowest BCUT2D eigenvalue weighted by molar-refractivity contribution is 0.190. The molecule has 1 rings (SSSR count). The van der Waals surface area contributed by atoms with Gasteiger partial charge in [-0.15, -0.1) is 0 Å². The summed E-state index contributed by atoms with van der Waals surface area (Å²) < 4.78 is 0. The molecule has 0 aliphatic rings. The molecule has 0 bridgehead atoms. The van der Waals surface area contributed by atoms with Crippen LogP contribution in [-0.2, 0) is 0 Å². The Bertz CT molecular complexity index is 282. The van der Waals surface area contributed by atoms with Gasteiger partial charge in [-0.05, 0) is 19.9 Å². The topological polar surface area (TPSA) is 78.0 Å². The molecule has 0 unspecified atom stereocenters. The molecule has 5 heteroatoms. The second-order valence-corrected chi connectivity index (χ2v) is 2.64. The summed E-state index contributed by atoms with van der Waals surface area (Å²) in [4.78, 5) is 10.2. The molecule has 5 nitrogen and oxygen atoms in total. The van der Waals surface area contributed by atoms with Crippen LogP contribution in [0.3, 0.4) is 0 Å². The summed E-state index contributed by atoms with van der Waals surface area (Å²) in [5, 5.41) is 17.3. The van der Waals surface area contributed by atoms with Crippen LogP contribution in [0.1, 0.15) is 24.4 Å². The number of nitrogens with zero attached hydrogens (tertiary/aromatic N) is 1. The number of hydrogen-bond donors (Lipinski definition) is 3. The van der Waals surface area contributed by atoms with Gasteiger partial charge < -0.3 is 10.4 Å². The zero-order valence-corrected chi connectivity index (χ0v) is 6.96. The van der Waals surface area contributed by atoms with Crippen LogP contribution < -0.4 is 5.32 Å². The first-order valence-electron chi connectivity index (χ1n) is 3.61. The van der Waals surface area contributed by atoms with E-state index in [1.54, 1.807) is 13.0 Å². The molecule has 0 aliphatic carbocycles. The number of carbonyl (C=O) groups is 1. The highest BCUT2D eigenvalue weighted by atomic mass is 16.4. The molecule has 66 valence electrons. The van der Waals surface area contributed by atoms with E-state index in [0.29, 0.717) is 0 Å². The summed E-state index contributed by atoms with van der Waals surface area (Å²) in [6, 6.07) is 1.56. The third-order valence-electron chi connectivity index (χ3n) is 1.53. The number of aryl methyl sites for hydroxylation is 1. The molecule has 0 saturated heterocycles.